The van der Waals surface area contributed by atoms with Gasteiger partial charge < -0.3 is 19.8 Å². The zero-order chi connectivity index (χ0) is 27.4. The van der Waals surface area contributed by atoms with E-state index >= 15 is 0 Å². The summed E-state index contributed by atoms with van der Waals surface area (Å²) in [6.45, 7) is 4.11. The summed E-state index contributed by atoms with van der Waals surface area (Å²) in [7, 11) is 1.56. The summed E-state index contributed by atoms with van der Waals surface area (Å²) >= 11 is 1.27. The molecule has 2 N–H and O–H groups in total. The minimum atomic E-state index is -4.85. The SMILES string of the molecule is CC(C)COc1ccc(Sc2nc(N)nc3c2ncn3CCOC(P)(CC(F)(F)F)CC(F)(F)F)cc1. The number of benzene rings is 1. The number of rotatable bonds is 11. The van der Waals surface area contributed by atoms with Gasteiger partial charge in [-0.15, -0.1) is 9.24 Å². The number of anilines is 1. The Bertz CT molecular complexity index is 1170. The van der Waals surface area contributed by atoms with Gasteiger partial charge >= 0.3 is 12.4 Å². The molecule has 2 heterocycles. The lowest BCUT2D eigenvalue weighted by molar-refractivity contribution is -0.205. The number of fused-ring (bicyclic) bond motifs is 1. The van der Waals surface area contributed by atoms with Crippen LogP contribution in [0.25, 0.3) is 11.2 Å². The zero-order valence-corrected chi connectivity index (χ0v) is 21.9. The van der Waals surface area contributed by atoms with Crippen LogP contribution < -0.4 is 10.5 Å². The first-order valence-electron chi connectivity index (χ1n) is 11.1. The van der Waals surface area contributed by atoms with Crippen LogP contribution >= 0.6 is 21.0 Å². The molecule has 15 heteroatoms. The lowest BCUT2D eigenvalue weighted by Crippen LogP contribution is -2.37. The number of halogens is 6. The topological polar surface area (TPSA) is 88.1 Å². The number of alkyl halides is 6. The highest BCUT2D eigenvalue weighted by Gasteiger charge is 2.47. The van der Waals surface area contributed by atoms with Crippen molar-refractivity contribution < 1.29 is 35.8 Å². The molecule has 204 valence electrons. The van der Waals surface area contributed by atoms with Crippen LogP contribution in [0.5, 0.6) is 5.75 Å². The van der Waals surface area contributed by atoms with E-state index < -0.39 is 37.1 Å². The number of aromatic nitrogens is 4. The molecular weight excluding hydrogens is 543 g/mol. The second kappa shape index (κ2) is 11.6. The van der Waals surface area contributed by atoms with Gasteiger partial charge in [-0.3, -0.25) is 0 Å². The minimum absolute atomic E-state index is 0.0657. The van der Waals surface area contributed by atoms with Crippen LogP contribution in [0.4, 0.5) is 32.3 Å². The Labute approximate surface area is 215 Å². The summed E-state index contributed by atoms with van der Waals surface area (Å²) in [5.41, 5.74) is 6.51. The van der Waals surface area contributed by atoms with E-state index in [1.54, 1.807) is 9.24 Å². The fourth-order valence-corrected chi connectivity index (χ4v) is 4.79. The summed E-state index contributed by atoms with van der Waals surface area (Å²) < 4.78 is 89.5. The predicted octanol–water partition coefficient (Wildman–Crippen LogP) is 6.09. The first kappa shape index (κ1) is 29.2. The molecule has 3 aromatic rings. The largest absolute Gasteiger partial charge is 0.493 e. The number of nitrogen functional groups attached to an aromatic ring is 1. The van der Waals surface area contributed by atoms with Crippen LogP contribution in [-0.4, -0.2) is 50.4 Å². The van der Waals surface area contributed by atoms with Gasteiger partial charge in [-0.2, -0.15) is 31.3 Å². The molecule has 0 saturated carbocycles. The number of nitrogens with two attached hydrogens (primary N) is 1. The molecule has 0 bridgehead atoms. The second-order valence-electron chi connectivity index (χ2n) is 8.77. The maximum Gasteiger partial charge on any atom is 0.392 e. The first-order valence-corrected chi connectivity index (χ1v) is 12.5. The standard InChI is InChI=1S/C22H26F6N5O2PS/c1-13(2)9-34-14-3-5-15(6-4-14)37-18-16-17(31-19(29)32-18)33(12-30-16)7-8-35-20(36,10-21(23,24)25)11-22(26,27)28/h3-6,12-13H,7-11,36H2,1-2H3,(H2,29,31,32). The minimum Gasteiger partial charge on any atom is -0.493 e. The average molecular weight is 570 g/mol. The molecule has 1 aromatic carbocycles. The lowest BCUT2D eigenvalue weighted by Gasteiger charge is -2.31. The maximum atomic E-state index is 12.9. The molecule has 0 spiro atoms. The van der Waals surface area contributed by atoms with Gasteiger partial charge in [0, 0.05) is 11.4 Å². The quantitative estimate of drug-likeness (QED) is 0.170. The van der Waals surface area contributed by atoms with E-state index in [2.05, 4.69) is 15.0 Å². The van der Waals surface area contributed by atoms with Gasteiger partial charge in [-0.25, -0.2) is 9.97 Å². The lowest BCUT2D eigenvalue weighted by atomic mass is 10.1. The van der Waals surface area contributed by atoms with E-state index in [-0.39, 0.29) is 18.1 Å². The smallest absolute Gasteiger partial charge is 0.392 e. The van der Waals surface area contributed by atoms with Crippen molar-refractivity contribution in [3.8, 4) is 5.75 Å². The fourth-order valence-electron chi connectivity index (χ4n) is 3.34. The Morgan fingerprint density at radius 2 is 1.65 bits per heavy atom. The van der Waals surface area contributed by atoms with Crippen LogP contribution in [0.15, 0.2) is 40.5 Å². The van der Waals surface area contributed by atoms with Crippen molar-refractivity contribution in [1.82, 2.24) is 19.5 Å². The molecule has 0 amide bonds. The van der Waals surface area contributed by atoms with E-state index in [4.69, 9.17) is 15.2 Å². The van der Waals surface area contributed by atoms with E-state index in [0.29, 0.717) is 23.1 Å². The number of ether oxygens (including phenoxy) is 2. The van der Waals surface area contributed by atoms with Gasteiger partial charge in [0.25, 0.3) is 0 Å². The number of imidazole rings is 1. The zero-order valence-electron chi connectivity index (χ0n) is 19.9. The number of hydrogen-bond donors (Lipinski definition) is 1. The normalized spacial score (nSPS) is 13.0. The van der Waals surface area contributed by atoms with Crippen LogP contribution in [0.1, 0.15) is 26.7 Å². The molecule has 0 aliphatic heterocycles. The van der Waals surface area contributed by atoms with Gasteiger partial charge in [0.2, 0.25) is 5.95 Å². The van der Waals surface area contributed by atoms with Crippen molar-refractivity contribution in [1.29, 1.82) is 0 Å². The Kier molecular flexibility index (Phi) is 9.18. The monoisotopic (exact) mass is 569 g/mol. The van der Waals surface area contributed by atoms with E-state index in [1.807, 2.05) is 38.1 Å². The Morgan fingerprint density at radius 1 is 1.03 bits per heavy atom. The van der Waals surface area contributed by atoms with E-state index in [1.165, 1.54) is 22.7 Å². The highest BCUT2D eigenvalue weighted by Crippen LogP contribution is 2.42. The van der Waals surface area contributed by atoms with Crippen molar-refractivity contribution in [3.05, 3.63) is 30.6 Å². The van der Waals surface area contributed by atoms with E-state index in [0.717, 1.165) is 10.6 Å². The molecule has 3 rings (SSSR count). The third kappa shape index (κ3) is 9.19. The Morgan fingerprint density at radius 3 is 2.22 bits per heavy atom. The van der Waals surface area contributed by atoms with Crippen LogP contribution in [0.2, 0.25) is 0 Å². The van der Waals surface area contributed by atoms with E-state index in [9.17, 15) is 26.3 Å². The highest BCUT2D eigenvalue weighted by atomic mass is 32.2. The van der Waals surface area contributed by atoms with Gasteiger partial charge in [0.1, 0.15) is 16.3 Å². The maximum absolute atomic E-state index is 12.9. The molecule has 37 heavy (non-hydrogen) atoms. The molecular formula is C22H26F6N5O2PS. The molecule has 0 radical (unpaired) electrons. The number of hydrogen-bond acceptors (Lipinski definition) is 7. The summed E-state index contributed by atoms with van der Waals surface area (Å²) in [5, 5.41) is -2.11. The molecule has 7 nitrogen and oxygen atoms in total. The van der Waals surface area contributed by atoms with Gasteiger partial charge in [-0.05, 0) is 30.2 Å². The third-order valence-corrected chi connectivity index (χ3v) is 6.35. The Hall–Kier alpha value is -2.31. The van der Waals surface area contributed by atoms with Crippen molar-refractivity contribution in [2.24, 2.45) is 5.92 Å². The highest BCUT2D eigenvalue weighted by molar-refractivity contribution is 7.99. The molecule has 0 fully saturated rings. The van der Waals surface area contributed by atoms with Crippen molar-refractivity contribution in [3.63, 3.8) is 0 Å². The van der Waals surface area contributed by atoms with Gasteiger partial charge in [0.05, 0.1) is 37.7 Å². The summed E-state index contributed by atoms with van der Waals surface area (Å²) in [6.07, 6.45) is -11.9. The molecule has 1 unspecified atom stereocenters. The van der Waals surface area contributed by atoms with Crippen molar-refractivity contribution in [2.75, 3.05) is 18.9 Å². The molecule has 0 saturated heterocycles. The van der Waals surface area contributed by atoms with Gasteiger partial charge in [-0.1, -0.05) is 25.6 Å². The molecule has 1 atom stereocenters. The summed E-state index contributed by atoms with van der Waals surface area (Å²) in [5.74, 6) is 1.04. The van der Waals surface area contributed by atoms with Crippen LogP contribution in [0.3, 0.4) is 0 Å². The first-order chi connectivity index (χ1) is 17.1. The second-order valence-corrected chi connectivity index (χ2v) is 10.9. The molecule has 0 aliphatic carbocycles. The van der Waals surface area contributed by atoms with Crippen molar-refractivity contribution >= 4 is 38.1 Å². The summed E-state index contributed by atoms with van der Waals surface area (Å²) in [4.78, 5) is 13.5. The van der Waals surface area contributed by atoms with Crippen LogP contribution in [0, 0.1) is 5.92 Å². The van der Waals surface area contributed by atoms with Crippen molar-refractivity contribution in [2.45, 2.75) is 60.9 Å². The summed E-state index contributed by atoms with van der Waals surface area (Å²) in [6, 6.07) is 7.32. The number of nitrogens with zero attached hydrogens (tertiary/aromatic N) is 4. The molecule has 2 aromatic heterocycles. The third-order valence-electron chi connectivity index (χ3n) is 4.79. The fraction of sp³-hybridized carbons (Fsp3) is 0.500. The predicted molar refractivity (Wildman–Crippen MR) is 130 cm³/mol. The van der Waals surface area contributed by atoms with Crippen LogP contribution in [-0.2, 0) is 11.3 Å². The van der Waals surface area contributed by atoms with Gasteiger partial charge in [0.15, 0.2) is 5.65 Å². The molecule has 0 aliphatic rings. The Balaban J connectivity index is 1.73. The average Bonchev–Trinajstić information content (AvgIpc) is 3.13.